The highest BCUT2D eigenvalue weighted by Gasteiger charge is 2.27. The molecule has 8 heteroatoms. The number of hydrogen-bond acceptors (Lipinski definition) is 6. The maximum Gasteiger partial charge on any atom is 0.244 e. The van der Waals surface area contributed by atoms with Gasteiger partial charge in [0.15, 0.2) is 5.65 Å². The molecule has 182 valence electrons. The fourth-order valence-corrected chi connectivity index (χ4v) is 6.26. The molecule has 2 aromatic carbocycles. The summed E-state index contributed by atoms with van der Waals surface area (Å²) in [7, 11) is -3.60. The second-order valence-electron chi connectivity index (χ2n) is 9.44. The Balaban J connectivity index is 1.29. The van der Waals surface area contributed by atoms with Crippen molar-refractivity contribution in [3.63, 3.8) is 0 Å². The maximum absolute atomic E-state index is 13.1. The minimum Gasteiger partial charge on any atom is -0.369 e. The molecule has 7 nitrogen and oxygen atoms in total. The van der Waals surface area contributed by atoms with Crippen LogP contribution in [-0.4, -0.2) is 46.9 Å². The number of fused-ring (bicyclic) bond motifs is 1. The highest BCUT2D eigenvalue weighted by Crippen LogP contribution is 2.27. The van der Waals surface area contributed by atoms with Crippen LogP contribution in [0.15, 0.2) is 79.3 Å². The molecule has 2 atom stereocenters. The van der Waals surface area contributed by atoms with Crippen LogP contribution in [0.2, 0.25) is 0 Å². The molecule has 1 aliphatic rings. The second-order valence-corrected chi connectivity index (χ2v) is 11.3. The fraction of sp³-hybridized carbons (Fsp3) is 0.333. The largest absolute Gasteiger partial charge is 0.369 e. The monoisotopic (exact) mass is 489 g/mol. The summed E-state index contributed by atoms with van der Waals surface area (Å²) in [5, 5.41) is 4.22. The Morgan fingerprint density at radius 2 is 1.69 bits per heavy atom. The molecule has 5 rings (SSSR count). The van der Waals surface area contributed by atoms with Crippen molar-refractivity contribution in [3.05, 3.63) is 90.4 Å². The van der Waals surface area contributed by atoms with E-state index in [-0.39, 0.29) is 5.75 Å². The van der Waals surface area contributed by atoms with Gasteiger partial charge in [-0.15, -0.1) is 0 Å². The van der Waals surface area contributed by atoms with Crippen LogP contribution >= 0.6 is 0 Å². The van der Waals surface area contributed by atoms with Crippen molar-refractivity contribution in [1.29, 1.82) is 0 Å². The van der Waals surface area contributed by atoms with Gasteiger partial charge < -0.3 is 5.32 Å². The van der Waals surface area contributed by atoms with Crippen LogP contribution in [0.1, 0.15) is 24.5 Å². The van der Waals surface area contributed by atoms with E-state index in [0.717, 1.165) is 38.2 Å². The lowest BCUT2D eigenvalue weighted by Gasteiger charge is -2.37. The van der Waals surface area contributed by atoms with Crippen LogP contribution in [-0.2, 0) is 22.3 Å². The minimum absolute atomic E-state index is 0.0821. The highest BCUT2D eigenvalue weighted by atomic mass is 32.2. The summed E-state index contributed by atoms with van der Waals surface area (Å²) in [5.41, 5.74) is 2.48. The van der Waals surface area contributed by atoms with Gasteiger partial charge in [-0.2, -0.15) is 0 Å². The number of likely N-dealkylation sites (tertiary alicyclic amines) is 1. The first-order chi connectivity index (χ1) is 17.0. The lowest BCUT2D eigenvalue weighted by Crippen LogP contribution is -2.41. The number of aromatic nitrogens is 3. The zero-order valence-electron chi connectivity index (χ0n) is 19.9. The number of piperidine rings is 1. The van der Waals surface area contributed by atoms with Crippen LogP contribution in [0.5, 0.6) is 0 Å². The van der Waals surface area contributed by atoms with E-state index in [2.05, 4.69) is 57.4 Å². The summed E-state index contributed by atoms with van der Waals surface area (Å²) in [4.78, 5) is 11.3. The molecule has 0 amide bonds. The Morgan fingerprint density at radius 1 is 0.971 bits per heavy atom. The molecule has 3 heterocycles. The first kappa shape index (κ1) is 23.5. The lowest BCUT2D eigenvalue weighted by atomic mass is 9.86. The SMILES string of the molecule is C[C@@H]1CCN(Cc2ccccc2)C[C@H]1CNc1ncnc2c1ccn2S(=O)(=O)Cc1ccccc1. The van der Waals surface area contributed by atoms with E-state index in [9.17, 15) is 8.42 Å². The predicted octanol–water partition coefficient (Wildman–Crippen LogP) is 4.38. The maximum atomic E-state index is 13.1. The standard InChI is InChI=1S/C27H31N5O2S/c1-21-12-14-31(17-22-8-4-2-5-9-22)18-24(21)16-28-26-25-13-15-32(27(25)30-20-29-26)35(33,34)19-23-10-6-3-7-11-23/h2-11,13,15,20-21,24H,12,14,16-19H2,1H3,(H,28,29,30)/t21-,24-/m1/s1. The van der Waals surface area contributed by atoms with Crippen LogP contribution < -0.4 is 5.32 Å². The summed E-state index contributed by atoms with van der Waals surface area (Å²) in [6.07, 6.45) is 4.17. The Labute approximate surface area is 206 Å². The average Bonchev–Trinajstić information content (AvgIpc) is 3.31. The molecule has 0 saturated carbocycles. The van der Waals surface area contributed by atoms with Crippen LogP contribution in [0, 0.1) is 11.8 Å². The van der Waals surface area contributed by atoms with Gasteiger partial charge in [0, 0.05) is 25.8 Å². The minimum atomic E-state index is -3.60. The summed E-state index contributed by atoms with van der Waals surface area (Å²) < 4.78 is 27.5. The molecular formula is C27H31N5O2S. The zero-order chi connectivity index (χ0) is 24.3. The molecule has 1 fully saturated rings. The first-order valence-corrected chi connectivity index (χ1v) is 13.7. The summed E-state index contributed by atoms with van der Waals surface area (Å²) >= 11 is 0. The van der Waals surface area contributed by atoms with Gasteiger partial charge in [0.05, 0.1) is 11.1 Å². The van der Waals surface area contributed by atoms with Gasteiger partial charge in [-0.1, -0.05) is 67.6 Å². The second kappa shape index (κ2) is 10.2. The number of rotatable bonds is 8. The van der Waals surface area contributed by atoms with E-state index in [1.807, 2.05) is 30.3 Å². The Morgan fingerprint density at radius 3 is 2.43 bits per heavy atom. The molecule has 2 aromatic heterocycles. The predicted molar refractivity (Wildman–Crippen MR) is 139 cm³/mol. The van der Waals surface area contributed by atoms with Crippen LogP contribution in [0.25, 0.3) is 11.0 Å². The van der Waals surface area contributed by atoms with Crippen molar-refractivity contribution < 1.29 is 8.42 Å². The molecule has 0 aliphatic carbocycles. The Bertz CT molecular complexity index is 1370. The van der Waals surface area contributed by atoms with Crippen molar-refractivity contribution in [2.45, 2.75) is 25.6 Å². The van der Waals surface area contributed by atoms with Crippen molar-refractivity contribution >= 4 is 26.9 Å². The Hall–Kier alpha value is -3.23. The van der Waals surface area contributed by atoms with E-state index in [4.69, 9.17) is 0 Å². The number of nitrogens with one attached hydrogen (secondary N) is 1. The third-order valence-corrected chi connectivity index (χ3v) is 8.51. The number of hydrogen-bond donors (Lipinski definition) is 1. The number of benzene rings is 2. The fourth-order valence-electron chi connectivity index (χ4n) is 4.85. The van der Waals surface area contributed by atoms with Gasteiger partial charge in [-0.05, 0) is 42.0 Å². The van der Waals surface area contributed by atoms with E-state index >= 15 is 0 Å². The van der Waals surface area contributed by atoms with Gasteiger partial charge in [0.25, 0.3) is 0 Å². The molecule has 0 radical (unpaired) electrons. The third kappa shape index (κ3) is 5.39. The van der Waals surface area contributed by atoms with Crippen molar-refractivity contribution in [3.8, 4) is 0 Å². The van der Waals surface area contributed by atoms with Gasteiger partial charge in [-0.3, -0.25) is 4.90 Å². The third-order valence-electron chi connectivity index (χ3n) is 6.92. The summed E-state index contributed by atoms with van der Waals surface area (Å²) in [5.74, 6) is 1.67. The number of nitrogens with zero attached hydrogens (tertiary/aromatic N) is 4. The van der Waals surface area contributed by atoms with Crippen molar-refractivity contribution in [2.24, 2.45) is 11.8 Å². The first-order valence-electron chi connectivity index (χ1n) is 12.1. The van der Waals surface area contributed by atoms with Crippen molar-refractivity contribution in [1.82, 2.24) is 18.8 Å². The van der Waals surface area contributed by atoms with Gasteiger partial charge in [-0.25, -0.2) is 22.4 Å². The van der Waals surface area contributed by atoms with Crippen LogP contribution in [0.3, 0.4) is 0 Å². The molecule has 1 saturated heterocycles. The van der Waals surface area contributed by atoms with E-state index in [1.165, 1.54) is 15.9 Å². The molecule has 0 spiro atoms. The van der Waals surface area contributed by atoms with Gasteiger partial charge >= 0.3 is 0 Å². The molecule has 1 aliphatic heterocycles. The van der Waals surface area contributed by atoms with E-state index in [1.54, 1.807) is 12.3 Å². The van der Waals surface area contributed by atoms with E-state index in [0.29, 0.717) is 28.7 Å². The van der Waals surface area contributed by atoms with E-state index < -0.39 is 10.0 Å². The lowest BCUT2D eigenvalue weighted by molar-refractivity contribution is 0.128. The molecular weight excluding hydrogens is 458 g/mol. The number of anilines is 1. The highest BCUT2D eigenvalue weighted by molar-refractivity contribution is 7.89. The molecule has 1 N–H and O–H groups in total. The quantitative estimate of drug-likeness (QED) is 0.396. The van der Waals surface area contributed by atoms with Crippen molar-refractivity contribution in [2.75, 3.05) is 25.0 Å². The van der Waals surface area contributed by atoms with Crippen LogP contribution in [0.4, 0.5) is 5.82 Å². The zero-order valence-corrected chi connectivity index (χ0v) is 20.7. The summed E-state index contributed by atoms with van der Waals surface area (Å²) in [6, 6.07) is 21.6. The molecule has 0 bridgehead atoms. The summed E-state index contributed by atoms with van der Waals surface area (Å²) in [6.45, 7) is 6.18. The average molecular weight is 490 g/mol. The normalized spacial score (nSPS) is 19.1. The van der Waals surface area contributed by atoms with Gasteiger partial charge in [0.2, 0.25) is 10.0 Å². The molecule has 4 aromatic rings. The smallest absolute Gasteiger partial charge is 0.244 e. The van der Waals surface area contributed by atoms with Gasteiger partial charge in [0.1, 0.15) is 12.1 Å². The molecule has 35 heavy (non-hydrogen) atoms. The Kier molecular flexibility index (Phi) is 6.83. The topological polar surface area (TPSA) is 80.1 Å². The molecule has 0 unspecified atom stereocenters.